The summed E-state index contributed by atoms with van der Waals surface area (Å²) in [6, 6.07) is 0. The Hall–Kier alpha value is 1.85. The van der Waals surface area contributed by atoms with Gasteiger partial charge in [-0.3, -0.25) is 0 Å². The van der Waals surface area contributed by atoms with Gasteiger partial charge in [0.2, 0.25) is 0 Å². The summed E-state index contributed by atoms with van der Waals surface area (Å²) in [7, 11) is 0. The first-order valence-electron chi connectivity index (χ1n) is 1.30. The zero-order chi connectivity index (χ0) is 7.15. The van der Waals surface area contributed by atoms with Crippen molar-refractivity contribution in [2.24, 2.45) is 0 Å². The standard InChI is InChI=1S/2CH2O3.Ca.Cs.3H/c2*2-1(3)4;;;;;/h2*(H2,2,3,4);;;;;/q;;+2;+1;3*-1. The van der Waals surface area contributed by atoms with Crippen molar-refractivity contribution in [2.75, 3.05) is 0 Å². The van der Waals surface area contributed by atoms with Crippen molar-refractivity contribution < 1.29 is 103 Å². The second-order valence-corrected chi connectivity index (χ2v) is 0.565. The van der Waals surface area contributed by atoms with Crippen LogP contribution in [0.25, 0.3) is 0 Å². The summed E-state index contributed by atoms with van der Waals surface area (Å²) in [6.07, 6.45) is -3.67. The minimum absolute atomic E-state index is 0. The number of carbonyl (C=O) groups is 2. The average Bonchev–Trinajstić information content (AvgIpc) is 1.25. The van der Waals surface area contributed by atoms with E-state index in [1.165, 1.54) is 0 Å². The molecule has 0 amide bonds. The molecule has 0 rings (SSSR count). The van der Waals surface area contributed by atoms with Crippen LogP contribution in [0.2, 0.25) is 0 Å². The second kappa shape index (κ2) is 17.1. The minimum Gasteiger partial charge on any atom is -1.00 e. The van der Waals surface area contributed by atoms with Crippen LogP contribution in [0, 0.1) is 0 Å². The van der Waals surface area contributed by atoms with Crippen molar-refractivity contribution in [3.05, 3.63) is 0 Å². The fraction of sp³-hybridized carbons (Fsp3) is 0. The molecule has 54 valence electrons. The molecule has 0 fully saturated rings. The van der Waals surface area contributed by atoms with Crippen LogP contribution in [-0.2, 0) is 0 Å². The smallest absolute Gasteiger partial charge is 1.00 e. The van der Waals surface area contributed by atoms with E-state index in [2.05, 4.69) is 0 Å². The van der Waals surface area contributed by atoms with Gasteiger partial charge in [0.05, 0.1) is 0 Å². The van der Waals surface area contributed by atoms with E-state index >= 15 is 0 Å². The van der Waals surface area contributed by atoms with E-state index in [0.717, 1.165) is 0 Å². The summed E-state index contributed by atoms with van der Waals surface area (Å²) in [4.78, 5) is 17.1. The van der Waals surface area contributed by atoms with Gasteiger partial charge in [-0.1, -0.05) is 0 Å². The van der Waals surface area contributed by atoms with E-state index in [4.69, 9.17) is 30.0 Å². The van der Waals surface area contributed by atoms with Gasteiger partial charge in [0, 0.05) is 0 Å². The van der Waals surface area contributed by atoms with E-state index in [1.807, 2.05) is 0 Å². The third-order valence-corrected chi connectivity index (χ3v) is 0. The molecule has 0 saturated heterocycles. The summed E-state index contributed by atoms with van der Waals surface area (Å²) in [5, 5.41) is 27.9. The van der Waals surface area contributed by atoms with Crippen molar-refractivity contribution >= 4 is 50.0 Å². The third-order valence-electron chi connectivity index (χ3n) is 0. The van der Waals surface area contributed by atoms with Gasteiger partial charge < -0.3 is 24.7 Å². The van der Waals surface area contributed by atoms with Crippen molar-refractivity contribution in [3.8, 4) is 0 Å². The Morgan fingerprint density at radius 2 is 0.900 bits per heavy atom. The van der Waals surface area contributed by atoms with Gasteiger partial charge in [-0.15, -0.1) is 0 Å². The molecule has 0 aliphatic carbocycles. The van der Waals surface area contributed by atoms with Gasteiger partial charge in [0.15, 0.2) is 0 Å². The number of rotatable bonds is 0. The van der Waals surface area contributed by atoms with E-state index in [9.17, 15) is 0 Å². The predicted octanol–water partition coefficient (Wildman–Crippen LogP) is -2.59. The molecule has 0 aromatic heterocycles. The molecular formula is C2H7CaCsO6. The van der Waals surface area contributed by atoms with Crippen molar-refractivity contribution in [1.82, 2.24) is 0 Å². The monoisotopic (exact) mass is 300 g/mol. The summed E-state index contributed by atoms with van der Waals surface area (Å²) in [5.41, 5.74) is 0. The van der Waals surface area contributed by atoms with E-state index in [-0.39, 0.29) is 111 Å². The Kier molecular flexibility index (Phi) is 38.7. The van der Waals surface area contributed by atoms with E-state index < -0.39 is 12.3 Å². The Balaban J connectivity index is -0.00000000800. The Bertz CT molecular complexity index is 83.9. The van der Waals surface area contributed by atoms with Gasteiger partial charge in [-0.2, -0.15) is 0 Å². The molecule has 6 nitrogen and oxygen atoms in total. The second-order valence-electron chi connectivity index (χ2n) is 0.565. The van der Waals surface area contributed by atoms with Crippen LogP contribution in [0.15, 0.2) is 0 Å². The van der Waals surface area contributed by atoms with Crippen LogP contribution >= 0.6 is 0 Å². The first kappa shape index (κ1) is 22.6. The number of hydrogen-bond acceptors (Lipinski definition) is 2. The molecule has 0 atom stereocenters. The van der Waals surface area contributed by atoms with Gasteiger partial charge in [-0.25, -0.2) is 9.59 Å². The molecule has 0 unspecified atom stereocenters. The maximum atomic E-state index is 8.56. The molecule has 0 aliphatic heterocycles. The predicted molar refractivity (Wildman–Crippen MR) is 30.4 cm³/mol. The molecular weight excluding hydrogens is 293 g/mol. The molecule has 4 N–H and O–H groups in total. The van der Waals surface area contributed by atoms with Gasteiger partial charge >= 0.3 is 119 Å². The molecule has 0 aromatic carbocycles. The molecule has 0 aliphatic rings. The normalized spacial score (nSPS) is 4.80. The van der Waals surface area contributed by atoms with E-state index in [0.29, 0.717) is 0 Å². The Morgan fingerprint density at radius 1 is 0.900 bits per heavy atom. The zero-order valence-corrected chi connectivity index (χ0v) is 13.8. The van der Waals surface area contributed by atoms with Crippen LogP contribution in [0.1, 0.15) is 4.28 Å². The fourth-order valence-corrected chi connectivity index (χ4v) is 0. The van der Waals surface area contributed by atoms with Crippen LogP contribution in [-0.4, -0.2) is 70.5 Å². The van der Waals surface area contributed by atoms with Crippen LogP contribution in [0.5, 0.6) is 0 Å². The summed E-state index contributed by atoms with van der Waals surface area (Å²) in [5.74, 6) is 0. The molecule has 0 bridgehead atoms. The third kappa shape index (κ3) is 225. The zero-order valence-electron chi connectivity index (χ0n) is 8.31. The molecule has 8 heteroatoms. The van der Waals surface area contributed by atoms with Gasteiger partial charge in [-0.05, 0) is 0 Å². The minimum atomic E-state index is -1.83. The first-order chi connectivity index (χ1) is 3.46. The maximum Gasteiger partial charge on any atom is 2.00 e. The SMILES string of the molecule is O=C(O)O.O=C(O)O.[Ca+2].[Cs+].[H-].[H-].[H-]. The van der Waals surface area contributed by atoms with Crippen molar-refractivity contribution in [3.63, 3.8) is 0 Å². The number of hydrogen-bond donors (Lipinski definition) is 4. The molecule has 0 saturated carbocycles. The summed E-state index contributed by atoms with van der Waals surface area (Å²) in [6.45, 7) is 0. The number of carboxylic acid groups (broad SMARTS) is 4. The van der Waals surface area contributed by atoms with Gasteiger partial charge in [0.25, 0.3) is 0 Å². The fourth-order valence-electron chi connectivity index (χ4n) is 0. The first-order valence-corrected chi connectivity index (χ1v) is 1.30. The van der Waals surface area contributed by atoms with Crippen LogP contribution in [0.4, 0.5) is 9.59 Å². The molecule has 10 heavy (non-hydrogen) atoms. The molecule has 0 heterocycles. The maximum absolute atomic E-state index is 8.56. The summed E-state index contributed by atoms with van der Waals surface area (Å²) >= 11 is 0. The van der Waals surface area contributed by atoms with Crippen molar-refractivity contribution in [1.29, 1.82) is 0 Å². The van der Waals surface area contributed by atoms with Crippen molar-refractivity contribution in [2.45, 2.75) is 0 Å². The Morgan fingerprint density at radius 3 is 0.900 bits per heavy atom. The Labute approximate surface area is 149 Å². The van der Waals surface area contributed by atoms with Crippen LogP contribution in [0.3, 0.4) is 0 Å². The molecule has 0 radical (unpaired) electrons. The van der Waals surface area contributed by atoms with Gasteiger partial charge in [0.1, 0.15) is 0 Å². The molecule has 0 spiro atoms. The quantitative estimate of drug-likeness (QED) is 0.365. The molecule has 0 aromatic rings. The summed E-state index contributed by atoms with van der Waals surface area (Å²) < 4.78 is 0. The largest absolute Gasteiger partial charge is 2.00 e. The topological polar surface area (TPSA) is 115 Å². The van der Waals surface area contributed by atoms with E-state index in [1.54, 1.807) is 0 Å². The average molecular weight is 300 g/mol. The van der Waals surface area contributed by atoms with Crippen LogP contribution < -0.4 is 68.9 Å².